The van der Waals surface area contributed by atoms with E-state index in [0.717, 1.165) is 5.69 Å². The number of aromatic hydroxyl groups is 1. The lowest BCUT2D eigenvalue weighted by Crippen LogP contribution is -2.24. The van der Waals surface area contributed by atoms with E-state index in [-0.39, 0.29) is 28.4 Å². The molecule has 0 bridgehead atoms. The molecule has 0 amide bonds. The summed E-state index contributed by atoms with van der Waals surface area (Å²) >= 11 is 0. The molecule has 3 aromatic carbocycles. The van der Waals surface area contributed by atoms with Crippen molar-refractivity contribution in [3.05, 3.63) is 102 Å². The lowest BCUT2D eigenvalue weighted by molar-refractivity contribution is 0.0977. The van der Waals surface area contributed by atoms with Crippen LogP contribution >= 0.6 is 0 Å². The maximum atomic E-state index is 13.2. The average Bonchev–Trinajstić information content (AvgIpc) is 2.68. The van der Waals surface area contributed by atoms with E-state index < -0.39 is 0 Å². The number of para-hydroxylation sites is 1. The van der Waals surface area contributed by atoms with Gasteiger partial charge in [-0.25, -0.2) is 0 Å². The van der Waals surface area contributed by atoms with Gasteiger partial charge < -0.3 is 10.0 Å². The lowest BCUT2D eigenvalue weighted by Gasteiger charge is -2.27. The summed E-state index contributed by atoms with van der Waals surface area (Å²) in [7, 11) is 0. The van der Waals surface area contributed by atoms with Crippen molar-refractivity contribution >= 4 is 22.9 Å². The van der Waals surface area contributed by atoms with Gasteiger partial charge in [-0.3, -0.25) is 9.59 Å². The van der Waals surface area contributed by atoms with Crippen molar-refractivity contribution < 1.29 is 14.7 Å². The number of rotatable bonds is 3. The Labute approximate surface area is 150 Å². The third-order valence-electron chi connectivity index (χ3n) is 4.51. The minimum atomic E-state index is -0.355. The number of phenolic OH excluding ortho intramolecular Hbond substituents is 1. The third kappa shape index (κ3) is 2.24. The van der Waals surface area contributed by atoms with Crippen molar-refractivity contribution in [1.29, 1.82) is 0 Å². The highest BCUT2D eigenvalue weighted by molar-refractivity contribution is 6.31. The predicted molar refractivity (Wildman–Crippen MR) is 100 cm³/mol. The molecule has 4 nitrogen and oxygen atoms in total. The molecule has 0 fully saturated rings. The highest BCUT2D eigenvalue weighted by Gasteiger charge is 2.35. The summed E-state index contributed by atoms with van der Waals surface area (Å²) in [5.41, 5.74) is 2.18. The second-order valence-electron chi connectivity index (χ2n) is 5.95. The van der Waals surface area contributed by atoms with Crippen LogP contribution in [0.1, 0.15) is 31.8 Å². The van der Waals surface area contributed by atoms with Gasteiger partial charge in [0.25, 0.3) is 0 Å². The van der Waals surface area contributed by atoms with Gasteiger partial charge in [0.1, 0.15) is 5.75 Å². The number of nitrogens with zero attached hydrogens (tertiary/aromatic N) is 1. The number of anilines is 2. The largest absolute Gasteiger partial charge is 0.507 e. The first-order chi connectivity index (χ1) is 12.6. The Morgan fingerprint density at radius 3 is 1.96 bits per heavy atom. The number of hydrogen-bond donors (Lipinski definition) is 1. The topological polar surface area (TPSA) is 57.6 Å². The Kier molecular flexibility index (Phi) is 3.66. The first-order valence-corrected chi connectivity index (χ1v) is 8.14. The SMILES string of the molecule is C=CN(c1ccccc1)c1ccc(O)c2c1C(=O)c1ccccc1C2=O. The van der Waals surface area contributed by atoms with E-state index in [1.165, 1.54) is 6.07 Å². The predicted octanol–water partition coefficient (Wildman–Crippen LogP) is 4.45. The number of carbonyl (C=O) groups is 2. The summed E-state index contributed by atoms with van der Waals surface area (Å²) in [6.07, 6.45) is 1.58. The summed E-state index contributed by atoms with van der Waals surface area (Å²) in [5.74, 6) is -0.843. The number of fused-ring (bicyclic) bond motifs is 2. The smallest absolute Gasteiger partial charge is 0.198 e. The Morgan fingerprint density at radius 1 is 0.769 bits per heavy atom. The van der Waals surface area contributed by atoms with Crippen LogP contribution in [0.2, 0.25) is 0 Å². The van der Waals surface area contributed by atoms with Gasteiger partial charge in [-0.1, -0.05) is 49.0 Å². The molecular formula is C22H15NO3. The standard InChI is InChI=1S/C22H15NO3/c1-2-23(14-8-4-3-5-9-14)17-12-13-18(24)20-19(17)21(25)15-10-6-7-11-16(15)22(20)26/h2-13,24H,1H2. The summed E-state index contributed by atoms with van der Waals surface area (Å²) < 4.78 is 0. The fourth-order valence-electron chi connectivity index (χ4n) is 3.32. The fourth-order valence-corrected chi connectivity index (χ4v) is 3.32. The quantitative estimate of drug-likeness (QED) is 0.598. The van der Waals surface area contributed by atoms with E-state index in [4.69, 9.17) is 0 Å². The molecule has 26 heavy (non-hydrogen) atoms. The van der Waals surface area contributed by atoms with Crippen LogP contribution in [-0.2, 0) is 0 Å². The molecule has 0 spiro atoms. The van der Waals surface area contributed by atoms with Crippen molar-refractivity contribution in [2.75, 3.05) is 4.90 Å². The molecule has 0 aliphatic heterocycles. The first-order valence-electron chi connectivity index (χ1n) is 8.14. The maximum absolute atomic E-state index is 13.2. The van der Waals surface area contributed by atoms with Crippen molar-refractivity contribution in [3.8, 4) is 5.75 Å². The average molecular weight is 341 g/mol. The maximum Gasteiger partial charge on any atom is 0.198 e. The van der Waals surface area contributed by atoms with E-state index in [0.29, 0.717) is 16.8 Å². The summed E-state index contributed by atoms with van der Waals surface area (Å²) in [5, 5.41) is 10.3. The normalized spacial score (nSPS) is 12.3. The molecule has 3 aromatic rings. The Bertz CT molecular complexity index is 1050. The van der Waals surface area contributed by atoms with Gasteiger partial charge in [0.15, 0.2) is 11.6 Å². The van der Waals surface area contributed by atoms with Crippen molar-refractivity contribution in [3.63, 3.8) is 0 Å². The van der Waals surface area contributed by atoms with Crippen molar-refractivity contribution in [2.45, 2.75) is 0 Å². The van der Waals surface area contributed by atoms with Gasteiger partial charge in [-0.2, -0.15) is 0 Å². The molecule has 0 saturated carbocycles. The molecule has 0 heterocycles. The number of carbonyl (C=O) groups excluding carboxylic acids is 2. The molecule has 0 aromatic heterocycles. The molecule has 0 atom stereocenters. The number of benzene rings is 3. The van der Waals surface area contributed by atoms with Crippen LogP contribution < -0.4 is 4.90 Å². The summed E-state index contributed by atoms with van der Waals surface area (Å²) in [6, 6.07) is 19.1. The molecular weight excluding hydrogens is 326 g/mol. The van der Waals surface area contributed by atoms with Crippen LogP contribution in [0.4, 0.5) is 11.4 Å². The molecule has 4 heteroatoms. The zero-order valence-electron chi connectivity index (χ0n) is 13.8. The van der Waals surface area contributed by atoms with Gasteiger partial charge in [0, 0.05) is 23.0 Å². The highest BCUT2D eigenvalue weighted by atomic mass is 16.3. The van der Waals surface area contributed by atoms with Crippen molar-refractivity contribution in [2.24, 2.45) is 0 Å². The van der Waals surface area contributed by atoms with Gasteiger partial charge in [0.2, 0.25) is 0 Å². The van der Waals surface area contributed by atoms with Crippen LogP contribution in [0.25, 0.3) is 0 Å². The van der Waals surface area contributed by atoms with Crippen LogP contribution in [-0.4, -0.2) is 16.7 Å². The van der Waals surface area contributed by atoms with Crippen LogP contribution in [0.15, 0.2) is 79.5 Å². The second-order valence-corrected chi connectivity index (χ2v) is 5.95. The van der Waals surface area contributed by atoms with Gasteiger partial charge >= 0.3 is 0 Å². The van der Waals surface area contributed by atoms with E-state index in [1.54, 1.807) is 41.4 Å². The minimum Gasteiger partial charge on any atom is -0.507 e. The summed E-state index contributed by atoms with van der Waals surface area (Å²) in [4.78, 5) is 27.8. The molecule has 1 aliphatic rings. The zero-order chi connectivity index (χ0) is 18.3. The molecule has 126 valence electrons. The second kappa shape index (κ2) is 6.01. The van der Waals surface area contributed by atoms with Crippen LogP contribution in [0.3, 0.4) is 0 Å². The molecule has 0 saturated heterocycles. The van der Waals surface area contributed by atoms with Crippen molar-refractivity contribution in [1.82, 2.24) is 0 Å². The number of ketones is 2. The number of phenols is 1. The molecule has 1 N–H and O–H groups in total. The first kappa shape index (κ1) is 15.8. The fraction of sp³-hybridized carbons (Fsp3) is 0. The molecule has 0 radical (unpaired) electrons. The number of hydrogen-bond acceptors (Lipinski definition) is 4. The van der Waals surface area contributed by atoms with E-state index in [2.05, 4.69) is 6.58 Å². The molecule has 0 unspecified atom stereocenters. The molecule has 4 rings (SSSR count). The zero-order valence-corrected chi connectivity index (χ0v) is 13.8. The van der Waals surface area contributed by atoms with E-state index in [1.807, 2.05) is 30.3 Å². The Morgan fingerprint density at radius 2 is 1.35 bits per heavy atom. The van der Waals surface area contributed by atoms with Crippen LogP contribution in [0.5, 0.6) is 5.75 Å². The molecule has 1 aliphatic carbocycles. The lowest BCUT2D eigenvalue weighted by atomic mass is 9.82. The minimum absolute atomic E-state index is 0.0361. The van der Waals surface area contributed by atoms with Gasteiger partial charge in [-0.05, 0) is 24.3 Å². The van der Waals surface area contributed by atoms with E-state index in [9.17, 15) is 14.7 Å². The Balaban J connectivity index is 1.99. The highest BCUT2D eigenvalue weighted by Crippen LogP contribution is 2.40. The summed E-state index contributed by atoms with van der Waals surface area (Å²) in [6.45, 7) is 3.84. The van der Waals surface area contributed by atoms with Gasteiger partial charge in [-0.15, -0.1) is 0 Å². The third-order valence-corrected chi connectivity index (χ3v) is 4.51. The van der Waals surface area contributed by atoms with Gasteiger partial charge in [0.05, 0.1) is 16.8 Å². The Hall–Kier alpha value is -3.66. The van der Waals surface area contributed by atoms with Crippen LogP contribution in [0, 0.1) is 0 Å². The van der Waals surface area contributed by atoms with E-state index >= 15 is 0 Å². The monoisotopic (exact) mass is 341 g/mol.